The van der Waals surface area contributed by atoms with Gasteiger partial charge in [0.2, 0.25) is 0 Å². The Balaban J connectivity index is 1.52. The lowest BCUT2D eigenvalue weighted by Gasteiger charge is -2.51. The number of benzene rings is 1. The van der Waals surface area contributed by atoms with E-state index in [9.17, 15) is 18.8 Å². The molecule has 2 heterocycles. The van der Waals surface area contributed by atoms with Crippen LogP contribution in [-0.4, -0.2) is 46.7 Å². The Morgan fingerprint density at radius 3 is 2.57 bits per heavy atom. The predicted octanol–water partition coefficient (Wildman–Crippen LogP) is 2.38. The molecule has 1 spiro atoms. The molecule has 1 aromatic heterocycles. The zero-order valence-electron chi connectivity index (χ0n) is 16.8. The molecule has 7 nitrogen and oxygen atoms in total. The van der Waals surface area contributed by atoms with Gasteiger partial charge in [-0.05, 0) is 61.4 Å². The van der Waals surface area contributed by atoms with Gasteiger partial charge >= 0.3 is 0 Å². The number of hydrogen-bond acceptors (Lipinski definition) is 3. The summed E-state index contributed by atoms with van der Waals surface area (Å²) in [5.41, 5.74) is 6.70. The third kappa shape index (κ3) is 3.81. The molecule has 1 aliphatic carbocycles. The number of aryl methyl sites for hydroxylation is 1. The fourth-order valence-electron chi connectivity index (χ4n) is 4.61. The highest BCUT2D eigenvalue weighted by Gasteiger charge is 2.45. The van der Waals surface area contributed by atoms with Crippen molar-refractivity contribution in [2.75, 3.05) is 13.1 Å². The van der Waals surface area contributed by atoms with Crippen LogP contribution in [0, 0.1) is 18.2 Å². The lowest BCUT2D eigenvalue weighted by molar-refractivity contribution is 0.00526. The summed E-state index contributed by atoms with van der Waals surface area (Å²) in [6.07, 6.45) is 3.88. The number of aromatic nitrogens is 1. The van der Waals surface area contributed by atoms with E-state index in [1.807, 2.05) is 0 Å². The van der Waals surface area contributed by atoms with Crippen molar-refractivity contribution in [2.24, 2.45) is 11.1 Å². The number of nitrogens with two attached hydrogens (primary N) is 1. The minimum absolute atomic E-state index is 0.0127. The predicted molar refractivity (Wildman–Crippen MR) is 109 cm³/mol. The second kappa shape index (κ2) is 7.59. The molecule has 1 saturated heterocycles. The average Bonchev–Trinajstić information content (AvgIpc) is 3.18. The number of hydrogen-bond donors (Lipinski definition) is 3. The molecule has 1 aromatic carbocycles. The first-order valence-electron chi connectivity index (χ1n) is 10.1. The highest BCUT2D eigenvalue weighted by molar-refractivity contribution is 5.97. The second-order valence-corrected chi connectivity index (χ2v) is 8.52. The van der Waals surface area contributed by atoms with Crippen LogP contribution >= 0.6 is 0 Å². The standard InChI is InChI=1S/C22H25FN4O3/c1-13-3-4-14(23)9-16(13)21(30)27-11-15(10-22(12-27)7-2-8-22)25-20(29)18-6-5-17(26-18)19(24)28/h3-6,9,15,26H,2,7-8,10-12H2,1H3,(H2,24,28)(H,25,29). The number of likely N-dealkylation sites (tertiary alicyclic amines) is 1. The van der Waals surface area contributed by atoms with Crippen LogP contribution in [0.3, 0.4) is 0 Å². The number of H-pyrrole nitrogens is 1. The van der Waals surface area contributed by atoms with Crippen molar-refractivity contribution in [1.82, 2.24) is 15.2 Å². The van der Waals surface area contributed by atoms with Gasteiger partial charge in [-0.2, -0.15) is 0 Å². The number of nitrogens with zero attached hydrogens (tertiary/aromatic N) is 1. The average molecular weight is 412 g/mol. The second-order valence-electron chi connectivity index (χ2n) is 8.52. The van der Waals surface area contributed by atoms with E-state index in [0.29, 0.717) is 18.7 Å². The van der Waals surface area contributed by atoms with Gasteiger partial charge in [0.1, 0.15) is 17.2 Å². The van der Waals surface area contributed by atoms with Crippen molar-refractivity contribution < 1.29 is 18.8 Å². The Labute approximate surface area is 173 Å². The van der Waals surface area contributed by atoms with Crippen LogP contribution in [0.1, 0.15) is 62.6 Å². The molecular formula is C22H25FN4O3. The first-order valence-corrected chi connectivity index (χ1v) is 10.1. The molecule has 3 amide bonds. The maximum absolute atomic E-state index is 13.7. The monoisotopic (exact) mass is 412 g/mol. The van der Waals surface area contributed by atoms with E-state index in [2.05, 4.69) is 10.3 Å². The molecule has 158 valence electrons. The summed E-state index contributed by atoms with van der Waals surface area (Å²) in [7, 11) is 0. The van der Waals surface area contributed by atoms with Crippen LogP contribution in [0.2, 0.25) is 0 Å². The lowest BCUT2D eigenvalue weighted by atomic mass is 9.63. The van der Waals surface area contributed by atoms with Gasteiger partial charge in [-0.25, -0.2) is 4.39 Å². The molecule has 2 fully saturated rings. The fourth-order valence-corrected chi connectivity index (χ4v) is 4.61. The SMILES string of the molecule is Cc1ccc(F)cc1C(=O)N1CC(NC(=O)c2ccc(C(N)=O)[nH]2)CC2(CCC2)C1. The molecule has 2 aromatic rings. The minimum atomic E-state index is -0.637. The first kappa shape index (κ1) is 20.1. The van der Waals surface area contributed by atoms with E-state index >= 15 is 0 Å². The molecule has 0 bridgehead atoms. The number of rotatable bonds is 4. The Hall–Kier alpha value is -3.16. The van der Waals surface area contributed by atoms with Crippen molar-refractivity contribution >= 4 is 17.7 Å². The van der Waals surface area contributed by atoms with E-state index in [4.69, 9.17) is 5.73 Å². The molecule has 1 unspecified atom stereocenters. The fraction of sp³-hybridized carbons (Fsp3) is 0.409. The van der Waals surface area contributed by atoms with Crippen LogP contribution in [-0.2, 0) is 0 Å². The Bertz CT molecular complexity index is 1010. The zero-order chi connectivity index (χ0) is 21.5. The molecule has 4 rings (SSSR count). The number of amides is 3. The van der Waals surface area contributed by atoms with Crippen LogP contribution in [0.4, 0.5) is 4.39 Å². The molecule has 4 N–H and O–H groups in total. The Kier molecular flexibility index (Phi) is 5.09. The highest BCUT2D eigenvalue weighted by Crippen LogP contribution is 2.47. The largest absolute Gasteiger partial charge is 0.364 e. The molecule has 1 saturated carbocycles. The summed E-state index contributed by atoms with van der Waals surface area (Å²) in [5, 5.41) is 2.98. The number of aromatic amines is 1. The zero-order valence-corrected chi connectivity index (χ0v) is 16.8. The quantitative estimate of drug-likeness (QED) is 0.717. The number of carbonyl (C=O) groups is 3. The lowest BCUT2D eigenvalue weighted by Crippen LogP contribution is -2.58. The van der Waals surface area contributed by atoms with Crippen LogP contribution in [0.15, 0.2) is 30.3 Å². The Morgan fingerprint density at radius 2 is 1.93 bits per heavy atom. The third-order valence-corrected chi connectivity index (χ3v) is 6.31. The van der Waals surface area contributed by atoms with Gasteiger partial charge in [-0.15, -0.1) is 0 Å². The van der Waals surface area contributed by atoms with Gasteiger partial charge in [0, 0.05) is 24.7 Å². The van der Waals surface area contributed by atoms with Crippen LogP contribution < -0.4 is 11.1 Å². The van der Waals surface area contributed by atoms with Gasteiger partial charge in [-0.3, -0.25) is 14.4 Å². The third-order valence-electron chi connectivity index (χ3n) is 6.31. The van der Waals surface area contributed by atoms with Crippen molar-refractivity contribution in [1.29, 1.82) is 0 Å². The molecular weight excluding hydrogens is 387 g/mol. The van der Waals surface area contributed by atoms with E-state index < -0.39 is 11.7 Å². The van der Waals surface area contributed by atoms with E-state index in [1.54, 1.807) is 17.9 Å². The maximum atomic E-state index is 13.7. The molecule has 8 heteroatoms. The van der Waals surface area contributed by atoms with Crippen molar-refractivity contribution in [3.05, 3.63) is 58.7 Å². The number of piperidine rings is 1. The van der Waals surface area contributed by atoms with Gasteiger partial charge in [-0.1, -0.05) is 12.5 Å². The van der Waals surface area contributed by atoms with Crippen molar-refractivity contribution in [3.8, 4) is 0 Å². The molecule has 2 aliphatic rings. The van der Waals surface area contributed by atoms with Gasteiger partial charge in [0.15, 0.2) is 0 Å². The van der Waals surface area contributed by atoms with Gasteiger partial charge in [0.05, 0.1) is 0 Å². The van der Waals surface area contributed by atoms with E-state index in [0.717, 1.165) is 31.2 Å². The number of nitrogens with one attached hydrogen (secondary N) is 2. The molecule has 0 radical (unpaired) electrons. The first-order chi connectivity index (χ1) is 14.3. The maximum Gasteiger partial charge on any atom is 0.267 e. The van der Waals surface area contributed by atoms with Crippen molar-refractivity contribution in [3.63, 3.8) is 0 Å². The Morgan fingerprint density at radius 1 is 1.20 bits per heavy atom. The van der Waals surface area contributed by atoms with Crippen molar-refractivity contribution in [2.45, 2.75) is 38.6 Å². The normalized spacial score (nSPS) is 19.9. The minimum Gasteiger partial charge on any atom is -0.364 e. The number of halogens is 1. The van der Waals surface area contributed by atoms with E-state index in [1.165, 1.54) is 24.3 Å². The summed E-state index contributed by atoms with van der Waals surface area (Å²) in [6, 6.07) is 6.97. The van der Waals surface area contributed by atoms with Crippen LogP contribution in [0.5, 0.6) is 0 Å². The summed E-state index contributed by atoms with van der Waals surface area (Å²) in [6.45, 7) is 2.75. The summed E-state index contributed by atoms with van der Waals surface area (Å²) < 4.78 is 13.7. The molecule has 30 heavy (non-hydrogen) atoms. The number of carbonyl (C=O) groups excluding carboxylic acids is 3. The summed E-state index contributed by atoms with van der Waals surface area (Å²) >= 11 is 0. The topological polar surface area (TPSA) is 108 Å². The van der Waals surface area contributed by atoms with Gasteiger partial charge in [0.25, 0.3) is 17.7 Å². The molecule has 1 atom stereocenters. The van der Waals surface area contributed by atoms with E-state index in [-0.39, 0.29) is 34.7 Å². The number of primary amides is 1. The highest BCUT2D eigenvalue weighted by atomic mass is 19.1. The van der Waals surface area contributed by atoms with Crippen LogP contribution in [0.25, 0.3) is 0 Å². The summed E-state index contributed by atoms with van der Waals surface area (Å²) in [5.74, 6) is -1.64. The van der Waals surface area contributed by atoms with Gasteiger partial charge < -0.3 is 20.9 Å². The smallest absolute Gasteiger partial charge is 0.267 e. The molecule has 1 aliphatic heterocycles. The summed E-state index contributed by atoms with van der Waals surface area (Å²) in [4.78, 5) is 41.5.